The van der Waals surface area contributed by atoms with Crippen molar-refractivity contribution >= 4 is 10.8 Å². The van der Waals surface area contributed by atoms with E-state index in [1.54, 1.807) is 6.07 Å². The SMILES string of the molecule is O=S1CCCNC(c2ccc(F)c(F)c2)C1. The van der Waals surface area contributed by atoms with Crippen LogP contribution in [0.15, 0.2) is 18.2 Å². The van der Waals surface area contributed by atoms with Crippen LogP contribution in [0.5, 0.6) is 0 Å². The quantitative estimate of drug-likeness (QED) is 0.816. The summed E-state index contributed by atoms with van der Waals surface area (Å²) < 4.78 is 37.3. The van der Waals surface area contributed by atoms with Crippen LogP contribution in [-0.2, 0) is 10.8 Å². The Bertz CT molecular complexity index is 411. The second-order valence-electron chi connectivity index (χ2n) is 3.84. The number of hydrogen-bond donors (Lipinski definition) is 1. The van der Waals surface area contributed by atoms with Gasteiger partial charge in [0.15, 0.2) is 11.6 Å². The summed E-state index contributed by atoms with van der Waals surface area (Å²) in [5, 5.41) is 3.19. The highest BCUT2D eigenvalue weighted by atomic mass is 32.2. The molecule has 0 saturated carbocycles. The second-order valence-corrected chi connectivity index (χ2v) is 5.47. The van der Waals surface area contributed by atoms with Crippen molar-refractivity contribution in [1.82, 2.24) is 5.32 Å². The number of halogens is 2. The van der Waals surface area contributed by atoms with Crippen LogP contribution < -0.4 is 5.32 Å². The minimum atomic E-state index is -0.879. The maximum atomic E-state index is 13.1. The maximum Gasteiger partial charge on any atom is 0.159 e. The summed E-state index contributed by atoms with van der Waals surface area (Å²) in [6.45, 7) is 0.759. The van der Waals surface area contributed by atoms with E-state index in [9.17, 15) is 13.0 Å². The Morgan fingerprint density at radius 3 is 2.88 bits per heavy atom. The smallest absolute Gasteiger partial charge is 0.159 e. The van der Waals surface area contributed by atoms with Crippen molar-refractivity contribution in [3.63, 3.8) is 0 Å². The van der Waals surface area contributed by atoms with Crippen LogP contribution in [0.1, 0.15) is 18.0 Å². The van der Waals surface area contributed by atoms with Crippen molar-refractivity contribution in [3.05, 3.63) is 35.4 Å². The molecular formula is C11H13F2NOS. The predicted octanol–water partition coefficient (Wildman–Crippen LogP) is 1.75. The third-order valence-electron chi connectivity index (χ3n) is 2.64. The Morgan fingerprint density at radius 2 is 2.12 bits per heavy atom. The normalized spacial score (nSPS) is 26.4. The molecule has 1 heterocycles. The van der Waals surface area contributed by atoms with Crippen molar-refractivity contribution < 1.29 is 13.0 Å². The van der Waals surface area contributed by atoms with Crippen LogP contribution in [-0.4, -0.2) is 22.3 Å². The highest BCUT2D eigenvalue weighted by Crippen LogP contribution is 2.19. The fourth-order valence-corrected chi connectivity index (χ4v) is 3.10. The van der Waals surface area contributed by atoms with E-state index in [0.717, 1.165) is 19.0 Å². The van der Waals surface area contributed by atoms with E-state index in [2.05, 4.69) is 5.32 Å². The lowest BCUT2D eigenvalue weighted by atomic mass is 10.1. The minimum absolute atomic E-state index is 0.140. The second kappa shape index (κ2) is 5.01. The molecule has 5 heteroatoms. The topological polar surface area (TPSA) is 29.1 Å². The molecule has 1 fully saturated rings. The first-order valence-corrected chi connectivity index (χ1v) is 6.69. The number of nitrogens with one attached hydrogen (secondary N) is 1. The van der Waals surface area contributed by atoms with Gasteiger partial charge in [-0.1, -0.05) is 6.07 Å². The van der Waals surface area contributed by atoms with Crippen molar-refractivity contribution in [2.45, 2.75) is 12.5 Å². The van der Waals surface area contributed by atoms with E-state index >= 15 is 0 Å². The van der Waals surface area contributed by atoms with Gasteiger partial charge < -0.3 is 5.32 Å². The number of benzene rings is 1. The van der Waals surface area contributed by atoms with Gasteiger partial charge in [-0.3, -0.25) is 4.21 Å². The third-order valence-corrected chi connectivity index (χ3v) is 4.09. The fraction of sp³-hybridized carbons (Fsp3) is 0.455. The molecule has 2 nitrogen and oxygen atoms in total. The molecule has 1 aliphatic heterocycles. The van der Waals surface area contributed by atoms with E-state index in [0.29, 0.717) is 17.1 Å². The molecule has 0 bridgehead atoms. The Morgan fingerprint density at radius 1 is 1.31 bits per heavy atom. The molecule has 1 saturated heterocycles. The standard InChI is InChI=1S/C11H13F2NOS/c12-9-3-2-8(6-10(9)13)11-7-16(15)5-1-4-14-11/h2-3,6,11,14H,1,4-5,7H2. The molecule has 16 heavy (non-hydrogen) atoms. The van der Waals surface area contributed by atoms with Crippen molar-refractivity contribution in [1.29, 1.82) is 0 Å². The largest absolute Gasteiger partial charge is 0.309 e. The van der Waals surface area contributed by atoms with Gasteiger partial charge in [-0.25, -0.2) is 8.78 Å². The lowest BCUT2D eigenvalue weighted by Gasteiger charge is -2.15. The Kier molecular flexibility index (Phi) is 3.66. The van der Waals surface area contributed by atoms with Crippen LogP contribution in [0, 0.1) is 11.6 Å². The molecule has 1 aromatic rings. The molecular weight excluding hydrogens is 232 g/mol. The third kappa shape index (κ3) is 2.65. The lowest BCUT2D eigenvalue weighted by molar-refractivity contribution is 0.502. The van der Waals surface area contributed by atoms with Crippen molar-refractivity contribution in [3.8, 4) is 0 Å². The lowest BCUT2D eigenvalue weighted by Crippen LogP contribution is -2.24. The number of hydrogen-bond acceptors (Lipinski definition) is 2. The van der Waals surface area contributed by atoms with Gasteiger partial charge in [0.25, 0.3) is 0 Å². The van der Waals surface area contributed by atoms with Gasteiger partial charge in [-0.05, 0) is 30.7 Å². The van der Waals surface area contributed by atoms with Crippen LogP contribution in [0.4, 0.5) is 8.78 Å². The van der Waals surface area contributed by atoms with Crippen LogP contribution >= 0.6 is 0 Å². The van der Waals surface area contributed by atoms with Gasteiger partial charge in [-0.15, -0.1) is 0 Å². The van der Waals surface area contributed by atoms with E-state index in [1.165, 1.54) is 6.07 Å². The van der Waals surface area contributed by atoms with Gasteiger partial charge in [0.05, 0.1) is 0 Å². The molecule has 88 valence electrons. The number of rotatable bonds is 1. The molecule has 0 spiro atoms. The van der Waals surface area contributed by atoms with E-state index in [4.69, 9.17) is 0 Å². The first kappa shape index (κ1) is 11.7. The van der Waals surface area contributed by atoms with Gasteiger partial charge in [-0.2, -0.15) is 0 Å². The summed E-state index contributed by atoms with van der Waals surface area (Å²) in [6, 6.07) is 3.69. The molecule has 0 radical (unpaired) electrons. The summed E-state index contributed by atoms with van der Waals surface area (Å²) in [7, 11) is -0.879. The van der Waals surface area contributed by atoms with Crippen molar-refractivity contribution in [2.24, 2.45) is 0 Å². The van der Waals surface area contributed by atoms with Crippen LogP contribution in [0.25, 0.3) is 0 Å². The molecule has 0 aromatic heterocycles. The van der Waals surface area contributed by atoms with Gasteiger partial charge in [0.2, 0.25) is 0 Å². The first-order valence-electron chi connectivity index (χ1n) is 5.20. The fourth-order valence-electron chi connectivity index (χ4n) is 1.78. The zero-order valence-electron chi connectivity index (χ0n) is 8.71. The van der Waals surface area contributed by atoms with Gasteiger partial charge in [0.1, 0.15) is 0 Å². The van der Waals surface area contributed by atoms with Crippen molar-refractivity contribution in [2.75, 3.05) is 18.1 Å². The monoisotopic (exact) mass is 245 g/mol. The van der Waals surface area contributed by atoms with E-state index in [-0.39, 0.29) is 6.04 Å². The Balaban J connectivity index is 2.21. The molecule has 2 unspecified atom stereocenters. The summed E-state index contributed by atoms with van der Waals surface area (Å²) in [5.74, 6) is -0.564. The summed E-state index contributed by atoms with van der Waals surface area (Å²) in [4.78, 5) is 0. The van der Waals surface area contributed by atoms with E-state index in [1.807, 2.05) is 0 Å². The summed E-state index contributed by atoms with van der Waals surface area (Å²) in [5.41, 5.74) is 0.661. The Hall–Kier alpha value is -0.810. The highest BCUT2D eigenvalue weighted by Gasteiger charge is 2.18. The average Bonchev–Trinajstić information content (AvgIpc) is 2.47. The average molecular weight is 245 g/mol. The molecule has 2 rings (SSSR count). The van der Waals surface area contributed by atoms with E-state index < -0.39 is 22.4 Å². The van der Waals surface area contributed by atoms with Crippen LogP contribution in [0.2, 0.25) is 0 Å². The summed E-state index contributed by atoms with van der Waals surface area (Å²) >= 11 is 0. The Labute approximate surface area is 95.5 Å². The molecule has 0 amide bonds. The first-order chi connectivity index (χ1) is 7.66. The molecule has 2 atom stereocenters. The minimum Gasteiger partial charge on any atom is -0.309 e. The highest BCUT2D eigenvalue weighted by molar-refractivity contribution is 7.85. The molecule has 1 aromatic carbocycles. The maximum absolute atomic E-state index is 13.1. The predicted molar refractivity (Wildman–Crippen MR) is 59.6 cm³/mol. The van der Waals surface area contributed by atoms with Crippen LogP contribution in [0.3, 0.4) is 0 Å². The molecule has 1 N–H and O–H groups in total. The zero-order valence-corrected chi connectivity index (χ0v) is 9.53. The molecule has 1 aliphatic rings. The van der Waals surface area contributed by atoms with Gasteiger partial charge in [0, 0.05) is 28.3 Å². The zero-order chi connectivity index (χ0) is 11.5. The summed E-state index contributed by atoms with van der Waals surface area (Å²) in [6.07, 6.45) is 0.854. The van der Waals surface area contributed by atoms with Gasteiger partial charge >= 0.3 is 0 Å². The molecule has 0 aliphatic carbocycles.